The van der Waals surface area contributed by atoms with E-state index in [0.717, 1.165) is 16.8 Å². The quantitative estimate of drug-likeness (QED) is 0.777. The Bertz CT molecular complexity index is 667. The van der Waals surface area contributed by atoms with Crippen LogP contribution in [-0.2, 0) is 11.2 Å². The molecule has 5 heteroatoms. The number of amides is 1. The lowest BCUT2D eigenvalue weighted by Gasteiger charge is -2.12. The summed E-state index contributed by atoms with van der Waals surface area (Å²) in [5.74, 6) is 0.0290. The van der Waals surface area contributed by atoms with Gasteiger partial charge < -0.3 is 5.32 Å². The molecule has 1 N–H and O–H groups in total. The van der Waals surface area contributed by atoms with Gasteiger partial charge in [-0.2, -0.15) is 0 Å². The van der Waals surface area contributed by atoms with Crippen molar-refractivity contribution in [3.05, 3.63) is 50.2 Å². The Hall–Kier alpha value is -0.840. The van der Waals surface area contributed by atoms with Gasteiger partial charge in [0.25, 0.3) is 0 Å². The van der Waals surface area contributed by atoms with Gasteiger partial charge in [-0.15, -0.1) is 11.3 Å². The van der Waals surface area contributed by atoms with Crippen molar-refractivity contribution in [3.8, 4) is 0 Å². The number of carbonyl (C=O) groups is 1. The Kier molecular flexibility index (Phi) is 3.41. The summed E-state index contributed by atoms with van der Waals surface area (Å²) in [5.41, 5.74) is 2.86. The van der Waals surface area contributed by atoms with Crippen LogP contribution in [0.25, 0.3) is 0 Å². The molecule has 19 heavy (non-hydrogen) atoms. The molecular weight excluding hydrogens is 346 g/mol. The topological polar surface area (TPSA) is 29.1 Å². The van der Waals surface area contributed by atoms with Gasteiger partial charge in [0.2, 0.25) is 5.91 Å². The van der Waals surface area contributed by atoms with Crippen molar-refractivity contribution in [2.24, 2.45) is 0 Å². The normalized spacial score (nSPS) is 15.2. The van der Waals surface area contributed by atoms with Crippen LogP contribution < -0.4 is 5.32 Å². The van der Waals surface area contributed by atoms with E-state index < -0.39 is 0 Å². The zero-order chi connectivity index (χ0) is 13.6. The minimum absolute atomic E-state index is 0.0290. The number of carbonyl (C=O) groups excluding carboxylic acids is 1. The first kappa shape index (κ1) is 13.2. The molecule has 0 saturated heterocycles. The van der Waals surface area contributed by atoms with Crippen molar-refractivity contribution >= 4 is 50.5 Å². The number of thiophene rings is 1. The Balaban J connectivity index is 2.02. The van der Waals surface area contributed by atoms with Gasteiger partial charge in [-0.25, -0.2) is 0 Å². The number of nitrogens with one attached hydrogen (secondary N) is 1. The molecule has 1 unspecified atom stereocenters. The van der Waals surface area contributed by atoms with Gasteiger partial charge in [0.05, 0.1) is 11.2 Å². The van der Waals surface area contributed by atoms with Gasteiger partial charge in [-0.05, 0) is 36.2 Å². The van der Waals surface area contributed by atoms with Crippen LogP contribution in [0, 0.1) is 6.92 Å². The van der Waals surface area contributed by atoms with Crippen LogP contribution in [-0.4, -0.2) is 5.91 Å². The molecule has 1 aromatic carbocycles. The summed E-state index contributed by atoms with van der Waals surface area (Å²) < 4.78 is 0. The van der Waals surface area contributed by atoms with E-state index in [1.54, 1.807) is 11.3 Å². The molecule has 1 aliphatic rings. The van der Waals surface area contributed by atoms with E-state index in [2.05, 4.69) is 40.3 Å². The molecule has 1 amide bonds. The molecule has 2 aromatic rings. The molecule has 0 radical (unpaired) electrons. The highest BCUT2D eigenvalue weighted by Crippen LogP contribution is 2.41. The van der Waals surface area contributed by atoms with E-state index in [4.69, 9.17) is 11.6 Å². The number of aryl methyl sites for hydroxylation is 1. The number of rotatable bonds is 2. The number of hydrogen-bond donors (Lipinski definition) is 1. The molecule has 0 fully saturated rings. The van der Waals surface area contributed by atoms with Crippen molar-refractivity contribution in [3.63, 3.8) is 0 Å². The number of benzene rings is 1. The molecule has 98 valence electrons. The monoisotopic (exact) mass is 355 g/mol. The maximum Gasteiger partial charge on any atom is 0.228 e. The second-order valence-electron chi connectivity index (χ2n) is 4.57. The van der Waals surface area contributed by atoms with Crippen molar-refractivity contribution in [2.75, 3.05) is 5.32 Å². The molecule has 2 heterocycles. The fraction of sp³-hybridized carbons (Fsp3) is 0.214. The van der Waals surface area contributed by atoms with Gasteiger partial charge in [0.15, 0.2) is 0 Å². The predicted octanol–water partition coefficient (Wildman–Crippen LogP) is 4.69. The summed E-state index contributed by atoms with van der Waals surface area (Å²) in [6, 6.07) is 8.06. The van der Waals surface area contributed by atoms with Crippen molar-refractivity contribution in [1.29, 1.82) is 0 Å². The maximum atomic E-state index is 11.4. The SMILES string of the molecule is Cc1ccc(C(Br)c2cc3c(cc2Cl)NC(=O)C3)s1. The third kappa shape index (κ3) is 2.45. The van der Waals surface area contributed by atoms with Gasteiger partial charge in [0, 0.05) is 20.5 Å². The molecular formula is C14H11BrClNOS. The number of alkyl halides is 1. The minimum Gasteiger partial charge on any atom is -0.325 e. The predicted molar refractivity (Wildman–Crippen MR) is 83.6 cm³/mol. The first-order valence-corrected chi connectivity index (χ1v) is 7.98. The van der Waals surface area contributed by atoms with Gasteiger partial charge in [-0.1, -0.05) is 33.6 Å². The fourth-order valence-electron chi connectivity index (χ4n) is 2.20. The standard InChI is InChI=1S/C14H11BrClNOS/c1-7-2-3-12(19-7)14(15)9-4-8-5-13(18)17-11(8)6-10(9)16/h2-4,6,14H,5H2,1H3,(H,17,18). The Morgan fingerprint density at radius 2 is 2.21 bits per heavy atom. The average Bonchev–Trinajstić information content (AvgIpc) is 2.92. The van der Waals surface area contributed by atoms with Crippen LogP contribution in [0.1, 0.15) is 25.7 Å². The lowest BCUT2D eigenvalue weighted by Crippen LogP contribution is -2.03. The van der Waals surface area contributed by atoms with Crippen LogP contribution in [0.3, 0.4) is 0 Å². The summed E-state index contributed by atoms with van der Waals surface area (Å²) in [5, 5.41) is 3.49. The van der Waals surface area contributed by atoms with E-state index in [-0.39, 0.29) is 10.7 Å². The zero-order valence-electron chi connectivity index (χ0n) is 10.2. The third-order valence-electron chi connectivity index (χ3n) is 3.13. The largest absolute Gasteiger partial charge is 0.325 e. The highest BCUT2D eigenvalue weighted by molar-refractivity contribution is 9.09. The van der Waals surface area contributed by atoms with Gasteiger partial charge >= 0.3 is 0 Å². The second-order valence-corrected chi connectivity index (χ2v) is 7.21. The summed E-state index contributed by atoms with van der Waals surface area (Å²) in [7, 11) is 0. The van der Waals surface area contributed by atoms with Crippen LogP contribution in [0.15, 0.2) is 24.3 Å². The molecule has 0 bridgehead atoms. The molecule has 0 aliphatic carbocycles. The third-order valence-corrected chi connectivity index (χ3v) is 5.81. The number of hydrogen-bond acceptors (Lipinski definition) is 2. The Morgan fingerprint density at radius 3 is 2.89 bits per heavy atom. The van der Waals surface area contributed by atoms with Crippen LogP contribution >= 0.6 is 38.9 Å². The number of halogens is 2. The molecule has 0 spiro atoms. The highest BCUT2D eigenvalue weighted by Gasteiger charge is 2.23. The van der Waals surface area contributed by atoms with Crippen LogP contribution in [0.5, 0.6) is 0 Å². The first-order valence-electron chi connectivity index (χ1n) is 5.87. The van der Waals surface area contributed by atoms with Crippen LogP contribution in [0.2, 0.25) is 5.02 Å². The number of fused-ring (bicyclic) bond motifs is 1. The Morgan fingerprint density at radius 1 is 1.42 bits per heavy atom. The summed E-state index contributed by atoms with van der Waals surface area (Å²) in [4.78, 5) is 14.0. The van der Waals surface area contributed by atoms with E-state index in [1.165, 1.54) is 9.75 Å². The lowest BCUT2D eigenvalue weighted by molar-refractivity contribution is -0.115. The smallest absolute Gasteiger partial charge is 0.228 e. The van der Waals surface area contributed by atoms with E-state index in [1.807, 2.05) is 12.1 Å². The van der Waals surface area contributed by atoms with E-state index >= 15 is 0 Å². The minimum atomic E-state index is 0.0290. The van der Waals surface area contributed by atoms with Gasteiger partial charge in [0.1, 0.15) is 0 Å². The fourth-order valence-corrected chi connectivity index (χ4v) is 4.30. The summed E-state index contributed by atoms with van der Waals surface area (Å²) in [6.07, 6.45) is 0.433. The molecule has 1 aromatic heterocycles. The van der Waals surface area contributed by atoms with Gasteiger partial charge in [-0.3, -0.25) is 4.79 Å². The van der Waals surface area contributed by atoms with Crippen molar-refractivity contribution in [2.45, 2.75) is 18.2 Å². The molecule has 1 atom stereocenters. The summed E-state index contributed by atoms with van der Waals surface area (Å²) in [6.45, 7) is 2.08. The second kappa shape index (κ2) is 4.93. The first-order chi connectivity index (χ1) is 9.04. The lowest BCUT2D eigenvalue weighted by atomic mass is 10.0. The molecule has 3 rings (SSSR count). The molecule has 1 aliphatic heterocycles. The van der Waals surface area contributed by atoms with E-state index in [0.29, 0.717) is 11.4 Å². The van der Waals surface area contributed by atoms with E-state index in [9.17, 15) is 4.79 Å². The zero-order valence-corrected chi connectivity index (χ0v) is 13.3. The number of anilines is 1. The maximum absolute atomic E-state index is 11.4. The average molecular weight is 357 g/mol. The molecule has 0 saturated carbocycles. The van der Waals surface area contributed by atoms with Crippen molar-refractivity contribution in [1.82, 2.24) is 0 Å². The summed E-state index contributed by atoms with van der Waals surface area (Å²) >= 11 is 11.8. The highest BCUT2D eigenvalue weighted by atomic mass is 79.9. The Labute approximate surface area is 128 Å². The van der Waals surface area contributed by atoms with Crippen molar-refractivity contribution < 1.29 is 4.79 Å². The van der Waals surface area contributed by atoms with Crippen LogP contribution in [0.4, 0.5) is 5.69 Å². The molecule has 2 nitrogen and oxygen atoms in total.